The Hall–Kier alpha value is -1.82. The molecule has 0 aliphatic carbocycles. The summed E-state index contributed by atoms with van der Waals surface area (Å²) in [5, 5.41) is 5.73. The quantitative estimate of drug-likeness (QED) is 0.727. The molecule has 18 heavy (non-hydrogen) atoms. The van der Waals surface area contributed by atoms with Gasteiger partial charge in [-0.15, -0.1) is 0 Å². The lowest BCUT2D eigenvalue weighted by Crippen LogP contribution is -2.22. The SMILES string of the molecule is COc1ccc(NC(=O)C(C)C)c(NC(N)=S)c1. The first-order valence-electron chi connectivity index (χ1n) is 5.49. The number of nitrogens with two attached hydrogens (primary N) is 1. The maximum atomic E-state index is 11.7. The molecule has 0 spiro atoms. The van der Waals surface area contributed by atoms with Crippen molar-refractivity contribution in [1.29, 1.82) is 0 Å². The van der Waals surface area contributed by atoms with E-state index in [9.17, 15) is 4.79 Å². The fourth-order valence-electron chi connectivity index (χ4n) is 1.27. The van der Waals surface area contributed by atoms with E-state index in [1.165, 1.54) is 0 Å². The Morgan fingerprint density at radius 2 is 2.00 bits per heavy atom. The largest absolute Gasteiger partial charge is 0.497 e. The summed E-state index contributed by atoms with van der Waals surface area (Å²) in [7, 11) is 1.56. The highest BCUT2D eigenvalue weighted by Crippen LogP contribution is 2.27. The molecule has 0 aliphatic heterocycles. The maximum Gasteiger partial charge on any atom is 0.226 e. The van der Waals surface area contributed by atoms with Gasteiger partial charge in [-0.05, 0) is 24.4 Å². The summed E-state index contributed by atoms with van der Waals surface area (Å²) < 4.78 is 5.11. The molecule has 1 rings (SSSR count). The summed E-state index contributed by atoms with van der Waals surface area (Å²) in [5.74, 6) is 0.465. The zero-order valence-electron chi connectivity index (χ0n) is 10.6. The number of carbonyl (C=O) groups is 1. The second kappa shape index (κ2) is 6.20. The van der Waals surface area contributed by atoms with Gasteiger partial charge in [-0.1, -0.05) is 13.8 Å². The predicted octanol–water partition coefficient (Wildman–Crippen LogP) is 1.95. The van der Waals surface area contributed by atoms with Gasteiger partial charge in [0.1, 0.15) is 5.75 Å². The summed E-state index contributed by atoms with van der Waals surface area (Å²) >= 11 is 4.79. The molecule has 0 saturated carbocycles. The van der Waals surface area contributed by atoms with E-state index in [0.717, 1.165) is 0 Å². The normalized spacial score (nSPS) is 10.0. The van der Waals surface area contributed by atoms with Gasteiger partial charge in [-0.3, -0.25) is 4.79 Å². The molecule has 1 amide bonds. The molecule has 0 fully saturated rings. The van der Waals surface area contributed by atoms with Crippen LogP contribution in [-0.4, -0.2) is 18.1 Å². The first-order valence-corrected chi connectivity index (χ1v) is 5.90. The van der Waals surface area contributed by atoms with Crippen LogP contribution in [-0.2, 0) is 4.79 Å². The first-order chi connectivity index (χ1) is 8.43. The van der Waals surface area contributed by atoms with E-state index in [4.69, 9.17) is 22.7 Å². The molecule has 0 atom stereocenters. The zero-order valence-corrected chi connectivity index (χ0v) is 11.4. The van der Waals surface area contributed by atoms with Crippen molar-refractivity contribution in [2.24, 2.45) is 11.7 Å². The molecule has 0 radical (unpaired) electrons. The van der Waals surface area contributed by atoms with Crippen LogP contribution in [0.3, 0.4) is 0 Å². The Morgan fingerprint density at radius 3 is 2.50 bits per heavy atom. The molecule has 1 aromatic rings. The Kier molecular flexibility index (Phi) is 4.91. The van der Waals surface area contributed by atoms with Crippen LogP contribution in [0.2, 0.25) is 0 Å². The van der Waals surface area contributed by atoms with Crippen molar-refractivity contribution in [3.05, 3.63) is 18.2 Å². The van der Waals surface area contributed by atoms with E-state index in [1.54, 1.807) is 25.3 Å². The van der Waals surface area contributed by atoms with E-state index >= 15 is 0 Å². The van der Waals surface area contributed by atoms with Crippen molar-refractivity contribution in [3.63, 3.8) is 0 Å². The highest BCUT2D eigenvalue weighted by Gasteiger charge is 2.11. The molecular weight excluding hydrogens is 250 g/mol. The van der Waals surface area contributed by atoms with E-state index in [-0.39, 0.29) is 16.9 Å². The van der Waals surface area contributed by atoms with Crippen LogP contribution >= 0.6 is 12.2 Å². The maximum absolute atomic E-state index is 11.7. The Balaban J connectivity index is 3.01. The zero-order chi connectivity index (χ0) is 13.7. The first kappa shape index (κ1) is 14.2. The summed E-state index contributed by atoms with van der Waals surface area (Å²) in [6, 6.07) is 5.20. The van der Waals surface area contributed by atoms with Crippen LogP contribution in [0.5, 0.6) is 5.75 Å². The molecule has 0 unspecified atom stereocenters. The van der Waals surface area contributed by atoms with Gasteiger partial charge in [0.15, 0.2) is 5.11 Å². The highest BCUT2D eigenvalue weighted by atomic mass is 32.1. The predicted molar refractivity (Wildman–Crippen MR) is 76.9 cm³/mol. The standard InChI is InChI=1S/C12H17N3O2S/c1-7(2)11(16)14-9-5-4-8(17-3)6-10(9)15-12(13)18/h4-7H,1-3H3,(H,14,16)(H3,13,15,18). The molecule has 0 aromatic heterocycles. The smallest absolute Gasteiger partial charge is 0.226 e. The van der Waals surface area contributed by atoms with Gasteiger partial charge in [0.2, 0.25) is 5.91 Å². The third-order valence-corrected chi connectivity index (χ3v) is 2.37. The van der Waals surface area contributed by atoms with Gasteiger partial charge in [0.05, 0.1) is 18.5 Å². The molecule has 0 aliphatic rings. The number of methoxy groups -OCH3 is 1. The number of ether oxygens (including phenoxy) is 1. The number of nitrogens with one attached hydrogen (secondary N) is 2. The van der Waals surface area contributed by atoms with Crippen LogP contribution in [0.25, 0.3) is 0 Å². The Morgan fingerprint density at radius 1 is 1.33 bits per heavy atom. The molecule has 0 saturated heterocycles. The molecule has 98 valence electrons. The number of carbonyl (C=O) groups excluding carboxylic acids is 1. The average molecular weight is 267 g/mol. The van der Waals surface area contributed by atoms with Crippen molar-refractivity contribution < 1.29 is 9.53 Å². The molecule has 5 nitrogen and oxygen atoms in total. The third-order valence-electron chi connectivity index (χ3n) is 2.27. The molecule has 0 heterocycles. The Labute approximate surface area is 112 Å². The van der Waals surface area contributed by atoms with Gasteiger partial charge in [0, 0.05) is 12.0 Å². The molecule has 1 aromatic carbocycles. The fourth-order valence-corrected chi connectivity index (χ4v) is 1.38. The highest BCUT2D eigenvalue weighted by molar-refractivity contribution is 7.80. The number of amides is 1. The summed E-state index contributed by atoms with van der Waals surface area (Å²) in [6.07, 6.45) is 0. The minimum Gasteiger partial charge on any atom is -0.497 e. The number of hydrogen-bond donors (Lipinski definition) is 3. The van der Waals surface area contributed by atoms with Gasteiger partial charge in [-0.2, -0.15) is 0 Å². The lowest BCUT2D eigenvalue weighted by Gasteiger charge is -2.14. The summed E-state index contributed by atoms with van der Waals surface area (Å²) in [6.45, 7) is 3.64. The van der Waals surface area contributed by atoms with Gasteiger partial charge in [-0.25, -0.2) is 0 Å². The monoisotopic (exact) mass is 267 g/mol. The molecule has 6 heteroatoms. The third kappa shape index (κ3) is 3.89. The van der Waals surface area contributed by atoms with Crippen LogP contribution in [0.15, 0.2) is 18.2 Å². The van der Waals surface area contributed by atoms with E-state index < -0.39 is 0 Å². The van der Waals surface area contributed by atoms with Crippen LogP contribution < -0.4 is 21.1 Å². The average Bonchev–Trinajstić information content (AvgIpc) is 2.30. The van der Waals surface area contributed by atoms with Crippen molar-refractivity contribution in [1.82, 2.24) is 0 Å². The van der Waals surface area contributed by atoms with E-state index in [2.05, 4.69) is 10.6 Å². The fraction of sp³-hybridized carbons (Fsp3) is 0.333. The van der Waals surface area contributed by atoms with Crippen LogP contribution in [0.4, 0.5) is 11.4 Å². The molecule has 0 bridgehead atoms. The molecule has 4 N–H and O–H groups in total. The van der Waals surface area contributed by atoms with Gasteiger partial charge >= 0.3 is 0 Å². The van der Waals surface area contributed by atoms with E-state index in [1.807, 2.05) is 13.8 Å². The Bertz CT molecular complexity index is 461. The minimum absolute atomic E-state index is 0.0776. The van der Waals surface area contributed by atoms with Crippen molar-refractivity contribution in [2.45, 2.75) is 13.8 Å². The number of anilines is 2. The van der Waals surface area contributed by atoms with Gasteiger partial charge < -0.3 is 21.1 Å². The second-order valence-corrected chi connectivity index (χ2v) is 4.48. The molecular formula is C12H17N3O2S. The summed E-state index contributed by atoms with van der Waals surface area (Å²) in [5.41, 5.74) is 6.66. The van der Waals surface area contributed by atoms with Crippen LogP contribution in [0, 0.1) is 5.92 Å². The lowest BCUT2D eigenvalue weighted by molar-refractivity contribution is -0.118. The van der Waals surface area contributed by atoms with Gasteiger partial charge in [0.25, 0.3) is 0 Å². The van der Waals surface area contributed by atoms with Crippen molar-refractivity contribution >= 4 is 34.6 Å². The topological polar surface area (TPSA) is 76.4 Å². The second-order valence-electron chi connectivity index (χ2n) is 4.04. The van der Waals surface area contributed by atoms with Crippen molar-refractivity contribution in [3.8, 4) is 5.75 Å². The summed E-state index contributed by atoms with van der Waals surface area (Å²) in [4.78, 5) is 11.7. The number of hydrogen-bond acceptors (Lipinski definition) is 3. The van der Waals surface area contributed by atoms with E-state index in [0.29, 0.717) is 17.1 Å². The number of benzene rings is 1. The van der Waals surface area contributed by atoms with Crippen molar-refractivity contribution in [2.75, 3.05) is 17.7 Å². The minimum atomic E-state index is -0.107. The van der Waals surface area contributed by atoms with Crippen LogP contribution in [0.1, 0.15) is 13.8 Å². The lowest BCUT2D eigenvalue weighted by atomic mass is 10.2. The number of thiocarbonyl (C=S) groups is 1. The number of rotatable bonds is 4.